The Morgan fingerprint density at radius 3 is 2.80 bits per heavy atom. The van der Waals surface area contributed by atoms with Crippen molar-refractivity contribution in [3.05, 3.63) is 51.5 Å². The molecule has 1 heterocycles. The highest BCUT2D eigenvalue weighted by Gasteiger charge is 2.01. The van der Waals surface area contributed by atoms with Crippen LogP contribution in [0.2, 0.25) is 5.02 Å². The summed E-state index contributed by atoms with van der Waals surface area (Å²) in [7, 11) is 0. The second-order valence-electron chi connectivity index (χ2n) is 3.25. The van der Waals surface area contributed by atoms with Crippen LogP contribution < -0.4 is 5.69 Å². The van der Waals surface area contributed by atoms with Crippen LogP contribution in [0.25, 0.3) is 11.3 Å². The minimum Gasteiger partial charge on any atom is -0.305 e. The summed E-state index contributed by atoms with van der Waals surface area (Å²) in [6.07, 6.45) is 1.47. The number of hydrogen-bond donors (Lipinski definition) is 1. The summed E-state index contributed by atoms with van der Waals surface area (Å²) < 4.78 is 0. The maximum absolute atomic E-state index is 11.0. The van der Waals surface area contributed by atoms with Gasteiger partial charge in [0.15, 0.2) is 0 Å². The number of aryl methyl sites for hydroxylation is 1. The molecule has 0 radical (unpaired) electrons. The molecule has 1 aromatic heterocycles. The Hall–Kier alpha value is -1.61. The minimum absolute atomic E-state index is 0.357. The third kappa shape index (κ3) is 2.07. The molecule has 2 rings (SSSR count). The molecule has 0 saturated heterocycles. The highest BCUT2D eigenvalue weighted by Crippen LogP contribution is 2.22. The van der Waals surface area contributed by atoms with Crippen LogP contribution in [0.15, 0.2) is 35.3 Å². The molecule has 0 aliphatic heterocycles. The van der Waals surface area contributed by atoms with Crippen LogP contribution in [-0.4, -0.2) is 9.97 Å². The van der Waals surface area contributed by atoms with Gasteiger partial charge in [0.2, 0.25) is 0 Å². The maximum Gasteiger partial charge on any atom is 0.345 e. The van der Waals surface area contributed by atoms with Gasteiger partial charge in [-0.25, -0.2) is 9.78 Å². The molecular weight excluding hydrogens is 212 g/mol. The second kappa shape index (κ2) is 3.87. The molecule has 15 heavy (non-hydrogen) atoms. The van der Waals surface area contributed by atoms with Crippen molar-refractivity contribution in [2.24, 2.45) is 0 Å². The van der Waals surface area contributed by atoms with E-state index < -0.39 is 0 Å². The molecule has 0 saturated carbocycles. The van der Waals surface area contributed by atoms with Gasteiger partial charge >= 0.3 is 5.69 Å². The largest absolute Gasteiger partial charge is 0.345 e. The molecule has 0 fully saturated rings. The van der Waals surface area contributed by atoms with Crippen LogP contribution >= 0.6 is 11.6 Å². The Morgan fingerprint density at radius 2 is 2.13 bits per heavy atom. The van der Waals surface area contributed by atoms with Crippen LogP contribution in [0, 0.1) is 6.92 Å². The number of rotatable bonds is 1. The summed E-state index contributed by atoms with van der Waals surface area (Å²) in [5.74, 6) is 0. The first-order valence-electron chi connectivity index (χ1n) is 4.48. The molecule has 76 valence electrons. The summed E-state index contributed by atoms with van der Waals surface area (Å²) in [6.45, 7) is 1.93. The molecular formula is C11H9ClN2O. The molecule has 4 heteroatoms. The number of nitrogens with one attached hydrogen (secondary N) is 1. The van der Waals surface area contributed by atoms with E-state index in [-0.39, 0.29) is 5.69 Å². The first-order chi connectivity index (χ1) is 7.16. The zero-order valence-corrected chi connectivity index (χ0v) is 8.88. The molecule has 1 aromatic carbocycles. The van der Waals surface area contributed by atoms with E-state index >= 15 is 0 Å². The van der Waals surface area contributed by atoms with E-state index in [9.17, 15) is 4.79 Å². The normalized spacial score (nSPS) is 10.3. The number of H-pyrrole nitrogens is 1. The van der Waals surface area contributed by atoms with Gasteiger partial charge in [-0.2, -0.15) is 0 Å². The van der Waals surface area contributed by atoms with Crippen LogP contribution in [0.5, 0.6) is 0 Å². The predicted octanol–water partition coefficient (Wildman–Crippen LogP) is 2.40. The zero-order valence-electron chi connectivity index (χ0n) is 8.12. The summed E-state index contributed by atoms with van der Waals surface area (Å²) >= 11 is 6.00. The standard InChI is InChI=1S/C11H9ClN2O/c1-7-2-3-8(6-9(7)12)10-4-5-13-11(15)14-10/h2-6H,1H3,(H,13,14,15). The second-order valence-corrected chi connectivity index (χ2v) is 3.66. The molecule has 0 unspecified atom stereocenters. The van der Waals surface area contributed by atoms with Crippen molar-refractivity contribution in [3.8, 4) is 11.3 Å². The summed E-state index contributed by atoms with van der Waals surface area (Å²) in [5.41, 5.74) is 2.25. The van der Waals surface area contributed by atoms with Crippen molar-refractivity contribution in [1.82, 2.24) is 9.97 Å². The Kier molecular flexibility index (Phi) is 2.56. The maximum atomic E-state index is 11.0. The van der Waals surface area contributed by atoms with Crippen molar-refractivity contribution in [2.45, 2.75) is 6.92 Å². The lowest BCUT2D eigenvalue weighted by atomic mass is 10.1. The third-order valence-electron chi connectivity index (χ3n) is 2.16. The minimum atomic E-state index is -0.357. The molecule has 0 amide bonds. The lowest BCUT2D eigenvalue weighted by Gasteiger charge is -2.03. The zero-order chi connectivity index (χ0) is 10.8. The molecule has 0 spiro atoms. The number of benzene rings is 1. The molecule has 1 N–H and O–H groups in total. The quantitative estimate of drug-likeness (QED) is 0.802. The van der Waals surface area contributed by atoms with Crippen LogP contribution in [0.4, 0.5) is 0 Å². The van der Waals surface area contributed by atoms with Gasteiger partial charge in [-0.05, 0) is 30.2 Å². The molecule has 0 aliphatic carbocycles. The fourth-order valence-corrected chi connectivity index (χ4v) is 1.48. The van der Waals surface area contributed by atoms with E-state index in [0.29, 0.717) is 5.02 Å². The van der Waals surface area contributed by atoms with Gasteiger partial charge in [0, 0.05) is 11.2 Å². The summed E-state index contributed by atoms with van der Waals surface area (Å²) in [6, 6.07) is 7.38. The van der Waals surface area contributed by atoms with Gasteiger partial charge in [-0.3, -0.25) is 0 Å². The van der Waals surface area contributed by atoms with Crippen molar-refractivity contribution in [2.75, 3.05) is 0 Å². The van der Waals surface area contributed by atoms with Crippen molar-refractivity contribution in [3.63, 3.8) is 0 Å². The fourth-order valence-electron chi connectivity index (χ4n) is 1.30. The van der Waals surface area contributed by atoms with Crippen LogP contribution in [0.3, 0.4) is 0 Å². The average molecular weight is 221 g/mol. The molecule has 3 nitrogen and oxygen atoms in total. The Bertz CT molecular complexity index is 548. The fraction of sp³-hybridized carbons (Fsp3) is 0.0909. The van der Waals surface area contributed by atoms with E-state index in [1.54, 1.807) is 6.07 Å². The van der Waals surface area contributed by atoms with Crippen LogP contribution in [0.1, 0.15) is 5.56 Å². The Balaban J connectivity index is 2.55. The van der Waals surface area contributed by atoms with E-state index in [2.05, 4.69) is 9.97 Å². The van der Waals surface area contributed by atoms with Crippen LogP contribution in [-0.2, 0) is 0 Å². The third-order valence-corrected chi connectivity index (χ3v) is 2.56. The monoisotopic (exact) mass is 220 g/mol. The Morgan fingerprint density at radius 1 is 1.33 bits per heavy atom. The first kappa shape index (κ1) is 9.93. The van der Waals surface area contributed by atoms with Gasteiger partial charge in [0.05, 0.1) is 5.69 Å². The number of nitrogens with zero attached hydrogens (tertiary/aromatic N) is 1. The number of halogens is 1. The van der Waals surface area contributed by atoms with Crippen molar-refractivity contribution in [1.29, 1.82) is 0 Å². The van der Waals surface area contributed by atoms with Crippen molar-refractivity contribution >= 4 is 11.6 Å². The number of hydrogen-bond acceptors (Lipinski definition) is 2. The summed E-state index contributed by atoms with van der Waals surface area (Å²) in [5, 5.41) is 0.685. The summed E-state index contributed by atoms with van der Waals surface area (Å²) in [4.78, 5) is 17.2. The number of aromatic nitrogens is 2. The lowest BCUT2D eigenvalue weighted by Crippen LogP contribution is -2.09. The molecule has 0 aliphatic rings. The average Bonchev–Trinajstić information content (AvgIpc) is 2.22. The molecule has 2 aromatic rings. The highest BCUT2D eigenvalue weighted by atomic mass is 35.5. The topological polar surface area (TPSA) is 45.8 Å². The molecule has 0 bridgehead atoms. The SMILES string of the molecule is Cc1ccc(-c2ccnc(=O)[nH]2)cc1Cl. The van der Waals surface area contributed by atoms with Gasteiger partial charge in [-0.1, -0.05) is 23.7 Å². The van der Waals surface area contributed by atoms with E-state index in [0.717, 1.165) is 16.8 Å². The van der Waals surface area contributed by atoms with Gasteiger partial charge in [-0.15, -0.1) is 0 Å². The van der Waals surface area contributed by atoms with Crippen molar-refractivity contribution < 1.29 is 0 Å². The predicted molar refractivity (Wildman–Crippen MR) is 60.0 cm³/mol. The van der Waals surface area contributed by atoms with Gasteiger partial charge < -0.3 is 4.98 Å². The molecule has 0 atom stereocenters. The van der Waals surface area contributed by atoms with Gasteiger partial charge in [0.25, 0.3) is 0 Å². The van der Waals surface area contributed by atoms with E-state index in [1.807, 2.05) is 25.1 Å². The highest BCUT2D eigenvalue weighted by molar-refractivity contribution is 6.31. The smallest absolute Gasteiger partial charge is 0.305 e. The van der Waals surface area contributed by atoms with Gasteiger partial charge in [0.1, 0.15) is 0 Å². The number of aromatic amines is 1. The first-order valence-corrected chi connectivity index (χ1v) is 4.86. The Labute approximate surface area is 91.8 Å². The van der Waals surface area contributed by atoms with E-state index in [4.69, 9.17) is 11.6 Å². The lowest BCUT2D eigenvalue weighted by molar-refractivity contribution is 1.08. The van der Waals surface area contributed by atoms with E-state index in [1.165, 1.54) is 6.20 Å².